The summed E-state index contributed by atoms with van der Waals surface area (Å²) in [6.07, 6.45) is 0.588. The van der Waals surface area contributed by atoms with Gasteiger partial charge in [0.1, 0.15) is 6.54 Å². The zero-order valence-corrected chi connectivity index (χ0v) is 15.7. The van der Waals surface area contributed by atoms with Crippen LogP contribution in [0.4, 0.5) is 0 Å². The monoisotopic (exact) mass is 384 g/mol. The van der Waals surface area contributed by atoms with Crippen molar-refractivity contribution in [2.24, 2.45) is 0 Å². The number of carbonyl (C=O) groups is 2. The van der Waals surface area contributed by atoms with E-state index in [0.29, 0.717) is 19.6 Å². The average Bonchev–Trinajstić information content (AvgIpc) is 2.65. The summed E-state index contributed by atoms with van der Waals surface area (Å²) >= 11 is 0. The summed E-state index contributed by atoms with van der Waals surface area (Å²) in [6, 6.07) is 5.46. The van der Waals surface area contributed by atoms with Crippen LogP contribution in [-0.2, 0) is 19.6 Å². The first kappa shape index (κ1) is 20.3. The number of amides is 1. The molecule has 1 heterocycles. The molecule has 0 saturated carbocycles. The van der Waals surface area contributed by atoms with Crippen LogP contribution in [0.5, 0.6) is 0 Å². The van der Waals surface area contributed by atoms with E-state index in [4.69, 9.17) is 9.84 Å². The molecule has 1 aliphatic heterocycles. The van der Waals surface area contributed by atoms with Crippen LogP contribution in [0.3, 0.4) is 0 Å². The van der Waals surface area contributed by atoms with Gasteiger partial charge >= 0.3 is 5.97 Å². The Morgan fingerprint density at radius 2 is 1.96 bits per heavy atom. The smallest absolute Gasteiger partial charge is 0.323 e. The minimum absolute atomic E-state index is 0.0182. The van der Waals surface area contributed by atoms with Crippen molar-refractivity contribution < 1.29 is 27.9 Å². The van der Waals surface area contributed by atoms with Crippen molar-refractivity contribution in [2.45, 2.75) is 31.2 Å². The molecule has 1 aromatic carbocycles. The number of morpholine rings is 1. The fourth-order valence-electron chi connectivity index (χ4n) is 2.69. The largest absolute Gasteiger partial charge is 0.480 e. The summed E-state index contributed by atoms with van der Waals surface area (Å²) in [4.78, 5) is 25.1. The van der Waals surface area contributed by atoms with Crippen LogP contribution in [-0.4, -0.2) is 73.5 Å². The van der Waals surface area contributed by atoms with Crippen LogP contribution in [0, 0.1) is 0 Å². The SMILES string of the molecule is CCC(C)N(CC(=O)O)C(=O)c1cccc(S(=O)(=O)N2CCOCC2)c1. The van der Waals surface area contributed by atoms with Crippen molar-refractivity contribution in [3.05, 3.63) is 29.8 Å². The molecule has 1 aliphatic rings. The lowest BCUT2D eigenvalue weighted by atomic mass is 10.1. The third-order valence-electron chi connectivity index (χ3n) is 4.38. The molecule has 0 aromatic heterocycles. The van der Waals surface area contributed by atoms with Gasteiger partial charge in [-0.25, -0.2) is 8.42 Å². The molecule has 9 heteroatoms. The first-order valence-corrected chi connectivity index (χ1v) is 9.92. The maximum absolute atomic E-state index is 12.8. The minimum Gasteiger partial charge on any atom is -0.480 e. The highest BCUT2D eigenvalue weighted by Gasteiger charge is 2.28. The molecule has 0 radical (unpaired) electrons. The van der Waals surface area contributed by atoms with Crippen LogP contribution in [0.1, 0.15) is 30.6 Å². The Morgan fingerprint density at radius 3 is 2.54 bits per heavy atom. The molecule has 144 valence electrons. The fraction of sp³-hybridized carbons (Fsp3) is 0.529. The number of benzene rings is 1. The number of aliphatic carboxylic acids is 1. The topological polar surface area (TPSA) is 104 Å². The van der Waals surface area contributed by atoms with Crippen LogP contribution in [0.2, 0.25) is 0 Å². The van der Waals surface area contributed by atoms with E-state index in [0.717, 1.165) is 0 Å². The Hall–Kier alpha value is -1.97. The number of ether oxygens (including phenoxy) is 1. The van der Waals surface area contributed by atoms with Crippen molar-refractivity contribution in [1.29, 1.82) is 0 Å². The predicted octanol–water partition coefficient (Wildman–Crippen LogP) is 1.03. The summed E-state index contributed by atoms with van der Waals surface area (Å²) in [7, 11) is -3.73. The molecule has 8 nitrogen and oxygen atoms in total. The zero-order chi connectivity index (χ0) is 19.3. The standard InChI is InChI=1S/C17H24N2O6S/c1-3-13(2)19(12-16(20)21)17(22)14-5-4-6-15(11-14)26(23,24)18-7-9-25-10-8-18/h4-6,11,13H,3,7-10,12H2,1-2H3,(H,20,21). The van der Waals surface area contributed by atoms with E-state index in [-0.39, 0.29) is 29.6 Å². The summed E-state index contributed by atoms with van der Waals surface area (Å²) < 4.78 is 32.0. The predicted molar refractivity (Wildman–Crippen MR) is 94.4 cm³/mol. The molecule has 1 saturated heterocycles. The van der Waals surface area contributed by atoms with E-state index in [1.54, 1.807) is 6.92 Å². The van der Waals surface area contributed by atoms with Crippen LogP contribution in [0.15, 0.2) is 29.2 Å². The first-order chi connectivity index (χ1) is 12.3. The average molecular weight is 384 g/mol. The van der Waals surface area contributed by atoms with Crippen molar-refractivity contribution >= 4 is 21.9 Å². The normalized spacial score (nSPS) is 16.8. The number of hydrogen-bond acceptors (Lipinski definition) is 5. The molecule has 1 aromatic rings. The molecule has 0 bridgehead atoms. The van der Waals surface area contributed by atoms with Crippen LogP contribution in [0.25, 0.3) is 0 Å². The van der Waals surface area contributed by atoms with Crippen LogP contribution < -0.4 is 0 Å². The molecule has 2 rings (SSSR count). The number of sulfonamides is 1. The Kier molecular flexibility index (Phi) is 6.74. The summed E-state index contributed by atoms with van der Waals surface area (Å²) in [5.74, 6) is -1.61. The van der Waals surface area contributed by atoms with Crippen molar-refractivity contribution in [3.63, 3.8) is 0 Å². The molecule has 1 atom stereocenters. The second kappa shape index (κ2) is 8.61. The van der Waals surface area contributed by atoms with Gasteiger partial charge in [0.05, 0.1) is 18.1 Å². The lowest BCUT2D eigenvalue weighted by Gasteiger charge is -2.28. The summed E-state index contributed by atoms with van der Waals surface area (Å²) in [6.45, 7) is 4.36. The molecular weight excluding hydrogens is 360 g/mol. The van der Waals surface area contributed by atoms with Gasteiger partial charge in [-0.15, -0.1) is 0 Å². The molecule has 0 spiro atoms. The van der Waals surface area contributed by atoms with E-state index in [2.05, 4.69) is 0 Å². The highest BCUT2D eigenvalue weighted by atomic mass is 32.2. The van der Waals surface area contributed by atoms with E-state index in [1.165, 1.54) is 33.5 Å². The molecule has 1 N–H and O–H groups in total. The van der Waals surface area contributed by atoms with Gasteiger partial charge in [-0.3, -0.25) is 9.59 Å². The Balaban J connectivity index is 2.32. The van der Waals surface area contributed by atoms with E-state index < -0.39 is 28.4 Å². The molecule has 1 unspecified atom stereocenters. The minimum atomic E-state index is -3.73. The van der Waals surface area contributed by atoms with Gasteiger partial charge in [0.25, 0.3) is 5.91 Å². The third-order valence-corrected chi connectivity index (χ3v) is 6.27. The van der Waals surface area contributed by atoms with E-state index in [1.807, 2.05) is 6.92 Å². The Bertz CT molecular complexity index is 758. The number of carboxylic acids is 1. The number of carbonyl (C=O) groups excluding carboxylic acids is 1. The Labute approximate surface area is 153 Å². The second-order valence-electron chi connectivity index (χ2n) is 6.13. The van der Waals surface area contributed by atoms with Gasteiger partial charge in [0.2, 0.25) is 10.0 Å². The lowest BCUT2D eigenvalue weighted by Crippen LogP contribution is -2.42. The number of hydrogen-bond donors (Lipinski definition) is 1. The number of nitrogens with zero attached hydrogens (tertiary/aromatic N) is 2. The molecule has 26 heavy (non-hydrogen) atoms. The van der Waals surface area contributed by atoms with Crippen molar-refractivity contribution in [1.82, 2.24) is 9.21 Å². The van der Waals surface area contributed by atoms with Gasteiger partial charge in [0, 0.05) is 24.7 Å². The maximum atomic E-state index is 12.8. The van der Waals surface area contributed by atoms with Crippen molar-refractivity contribution in [2.75, 3.05) is 32.8 Å². The fourth-order valence-corrected chi connectivity index (χ4v) is 4.14. The lowest BCUT2D eigenvalue weighted by molar-refractivity contribution is -0.138. The van der Waals surface area contributed by atoms with Gasteiger partial charge in [-0.2, -0.15) is 4.31 Å². The Morgan fingerprint density at radius 1 is 1.31 bits per heavy atom. The van der Waals surface area contributed by atoms with Crippen LogP contribution >= 0.6 is 0 Å². The second-order valence-corrected chi connectivity index (χ2v) is 8.07. The summed E-state index contributed by atoms with van der Waals surface area (Å²) in [5, 5.41) is 9.07. The maximum Gasteiger partial charge on any atom is 0.323 e. The van der Waals surface area contributed by atoms with E-state index >= 15 is 0 Å². The zero-order valence-electron chi connectivity index (χ0n) is 14.9. The van der Waals surface area contributed by atoms with Gasteiger partial charge in [-0.05, 0) is 31.5 Å². The highest BCUT2D eigenvalue weighted by Crippen LogP contribution is 2.20. The number of carboxylic acid groups (broad SMARTS) is 1. The molecule has 1 amide bonds. The molecule has 0 aliphatic carbocycles. The first-order valence-electron chi connectivity index (χ1n) is 8.48. The molecule has 1 fully saturated rings. The van der Waals surface area contributed by atoms with Crippen molar-refractivity contribution in [3.8, 4) is 0 Å². The highest BCUT2D eigenvalue weighted by molar-refractivity contribution is 7.89. The summed E-state index contributed by atoms with van der Waals surface area (Å²) in [5.41, 5.74) is 0.154. The van der Waals surface area contributed by atoms with E-state index in [9.17, 15) is 18.0 Å². The van der Waals surface area contributed by atoms with Gasteiger partial charge in [0.15, 0.2) is 0 Å². The quantitative estimate of drug-likeness (QED) is 0.753. The molecular formula is C17H24N2O6S. The van der Waals surface area contributed by atoms with Gasteiger partial charge in [-0.1, -0.05) is 13.0 Å². The third kappa shape index (κ3) is 4.60. The number of rotatable bonds is 7. The van der Waals surface area contributed by atoms with Gasteiger partial charge < -0.3 is 14.7 Å².